The number of rotatable bonds is 13. The van der Waals surface area contributed by atoms with Gasteiger partial charge in [0.25, 0.3) is 11.8 Å². The maximum Gasteiger partial charge on any atom is 0.335 e. The Morgan fingerprint density at radius 2 is 1.58 bits per heavy atom. The van der Waals surface area contributed by atoms with Crippen LogP contribution in [0.25, 0.3) is 0 Å². The van der Waals surface area contributed by atoms with E-state index in [9.17, 15) is 24.0 Å². The van der Waals surface area contributed by atoms with Crippen LogP contribution in [-0.4, -0.2) is 96.7 Å². The molecule has 1 unspecified atom stereocenters. The Morgan fingerprint density at radius 3 is 2.13 bits per heavy atom. The number of hydrogen-bond donors (Lipinski definition) is 0. The van der Waals surface area contributed by atoms with E-state index in [1.807, 2.05) is 19.0 Å². The molecule has 0 saturated carbocycles. The molecule has 0 aromatic rings. The van der Waals surface area contributed by atoms with Crippen LogP contribution in [0.5, 0.6) is 0 Å². The lowest BCUT2D eigenvalue weighted by molar-refractivity contribution is -0.198. The lowest BCUT2D eigenvalue weighted by Crippen LogP contribution is -2.50. The minimum absolute atomic E-state index is 0.0160. The molecule has 1 rings (SSSR count). The number of likely N-dealkylation sites (N-methyl/N-ethyl adjacent to an activating group) is 3. The number of carbonyl (C=O) groups is 5. The van der Waals surface area contributed by atoms with Gasteiger partial charge in [-0.2, -0.15) is 0 Å². The first-order valence-electron chi connectivity index (χ1n) is 10.8. The first-order valence-corrected chi connectivity index (χ1v) is 10.8. The van der Waals surface area contributed by atoms with Gasteiger partial charge >= 0.3 is 5.97 Å². The van der Waals surface area contributed by atoms with E-state index in [1.165, 1.54) is 16.8 Å². The maximum absolute atomic E-state index is 13.0. The van der Waals surface area contributed by atoms with Crippen LogP contribution in [0.3, 0.4) is 0 Å². The normalized spacial score (nSPS) is 14.7. The van der Waals surface area contributed by atoms with Crippen molar-refractivity contribution < 1.29 is 28.8 Å². The van der Waals surface area contributed by atoms with Crippen LogP contribution in [-0.2, 0) is 28.8 Å². The number of carbonyl (C=O) groups excluding carboxylic acids is 5. The van der Waals surface area contributed by atoms with Crippen molar-refractivity contribution >= 4 is 29.6 Å². The predicted molar refractivity (Wildman–Crippen MR) is 113 cm³/mol. The molecule has 0 aromatic heterocycles. The van der Waals surface area contributed by atoms with Crippen molar-refractivity contribution in [1.29, 1.82) is 0 Å². The number of imide groups is 1. The average Bonchev–Trinajstić information content (AvgIpc) is 3.04. The van der Waals surface area contributed by atoms with E-state index in [1.54, 1.807) is 7.05 Å². The topological polar surface area (TPSA) is 108 Å². The van der Waals surface area contributed by atoms with Crippen molar-refractivity contribution in [2.75, 3.05) is 41.3 Å². The fraction of sp³-hybridized carbons (Fsp3) is 0.762. The standard InChI is InChI=1S/C21H36N4O6/c1-6-7-8-9-10-17(26)24(5)16(21(30)23(4)14-13-22(2)3)15-20(29)31-25-18(27)11-12-19(25)28/h16H,6-15H2,1-5H3. The molecule has 1 fully saturated rings. The van der Waals surface area contributed by atoms with Gasteiger partial charge in [0.15, 0.2) is 0 Å². The first kappa shape index (κ1) is 26.5. The summed E-state index contributed by atoms with van der Waals surface area (Å²) < 4.78 is 0. The summed E-state index contributed by atoms with van der Waals surface area (Å²) >= 11 is 0. The molecule has 31 heavy (non-hydrogen) atoms. The highest BCUT2D eigenvalue weighted by Crippen LogP contribution is 2.16. The minimum Gasteiger partial charge on any atom is -0.343 e. The molecule has 0 N–H and O–H groups in total. The lowest BCUT2D eigenvalue weighted by atomic mass is 10.1. The summed E-state index contributed by atoms with van der Waals surface area (Å²) in [4.78, 5) is 71.1. The van der Waals surface area contributed by atoms with Crippen LogP contribution in [0, 0.1) is 0 Å². The highest BCUT2D eigenvalue weighted by Gasteiger charge is 2.36. The fourth-order valence-corrected chi connectivity index (χ4v) is 3.11. The lowest BCUT2D eigenvalue weighted by Gasteiger charge is -2.31. The van der Waals surface area contributed by atoms with Gasteiger partial charge in [0, 0.05) is 46.4 Å². The van der Waals surface area contributed by atoms with Crippen molar-refractivity contribution in [3.8, 4) is 0 Å². The zero-order valence-electron chi connectivity index (χ0n) is 19.4. The summed E-state index contributed by atoms with van der Waals surface area (Å²) in [6, 6.07) is -1.08. The van der Waals surface area contributed by atoms with Gasteiger partial charge in [-0.05, 0) is 20.5 Å². The first-order chi connectivity index (χ1) is 14.6. The highest BCUT2D eigenvalue weighted by atomic mass is 16.7. The molecule has 0 radical (unpaired) electrons. The Kier molecular flexibility index (Phi) is 11.2. The van der Waals surface area contributed by atoms with Crippen LogP contribution >= 0.6 is 0 Å². The van der Waals surface area contributed by atoms with Crippen LogP contribution in [0.15, 0.2) is 0 Å². The largest absolute Gasteiger partial charge is 0.343 e. The van der Waals surface area contributed by atoms with Gasteiger partial charge in [0.2, 0.25) is 11.8 Å². The Bertz CT molecular complexity index is 650. The predicted octanol–water partition coefficient (Wildman–Crippen LogP) is 0.801. The molecular weight excluding hydrogens is 404 g/mol. The summed E-state index contributed by atoms with van der Waals surface area (Å²) in [6.07, 6.45) is 3.49. The molecule has 1 heterocycles. The smallest absolute Gasteiger partial charge is 0.335 e. The van der Waals surface area contributed by atoms with Crippen molar-refractivity contribution in [3.05, 3.63) is 0 Å². The molecule has 0 aliphatic carbocycles. The molecule has 10 nitrogen and oxygen atoms in total. The molecule has 0 bridgehead atoms. The third-order valence-electron chi connectivity index (χ3n) is 5.21. The van der Waals surface area contributed by atoms with Gasteiger partial charge in [-0.25, -0.2) is 4.79 Å². The molecule has 1 saturated heterocycles. The maximum atomic E-state index is 13.0. The second kappa shape index (κ2) is 13.0. The van der Waals surface area contributed by atoms with Crippen LogP contribution < -0.4 is 0 Å². The summed E-state index contributed by atoms with van der Waals surface area (Å²) in [7, 11) is 6.85. The van der Waals surface area contributed by atoms with Gasteiger partial charge in [0.1, 0.15) is 6.04 Å². The zero-order valence-corrected chi connectivity index (χ0v) is 19.4. The van der Waals surface area contributed by atoms with Gasteiger partial charge in [0.05, 0.1) is 6.42 Å². The van der Waals surface area contributed by atoms with Crippen LogP contribution in [0.1, 0.15) is 58.3 Å². The Labute approximate surface area is 184 Å². The molecule has 4 amide bonds. The third-order valence-corrected chi connectivity index (χ3v) is 5.21. The van der Waals surface area contributed by atoms with Gasteiger partial charge in [-0.3, -0.25) is 19.2 Å². The van der Waals surface area contributed by atoms with Gasteiger partial charge < -0.3 is 19.5 Å². The summed E-state index contributed by atoms with van der Waals surface area (Å²) in [5.74, 6) is -2.73. The summed E-state index contributed by atoms with van der Waals surface area (Å²) in [5.41, 5.74) is 0. The van der Waals surface area contributed by atoms with E-state index in [0.717, 1.165) is 19.3 Å². The molecule has 1 aliphatic heterocycles. The van der Waals surface area contributed by atoms with E-state index < -0.39 is 36.2 Å². The Balaban J connectivity index is 2.86. The molecule has 10 heteroatoms. The number of nitrogens with zero attached hydrogens (tertiary/aromatic N) is 4. The molecule has 0 aromatic carbocycles. The van der Waals surface area contributed by atoms with Crippen molar-refractivity contribution in [3.63, 3.8) is 0 Å². The van der Waals surface area contributed by atoms with E-state index in [4.69, 9.17) is 4.84 Å². The number of amides is 4. The van der Waals surface area contributed by atoms with Crippen molar-refractivity contribution in [2.24, 2.45) is 0 Å². The Morgan fingerprint density at radius 1 is 0.968 bits per heavy atom. The van der Waals surface area contributed by atoms with Crippen LogP contribution in [0.2, 0.25) is 0 Å². The third kappa shape index (κ3) is 8.64. The Hall–Kier alpha value is -2.49. The fourth-order valence-electron chi connectivity index (χ4n) is 3.11. The SMILES string of the molecule is CCCCCCC(=O)N(C)C(CC(=O)ON1C(=O)CCC1=O)C(=O)N(C)CCN(C)C. The van der Waals surface area contributed by atoms with E-state index in [-0.39, 0.29) is 25.2 Å². The second-order valence-electron chi connectivity index (χ2n) is 8.14. The summed E-state index contributed by atoms with van der Waals surface area (Å²) in [6.45, 7) is 3.11. The molecule has 1 aliphatic rings. The second-order valence-corrected chi connectivity index (χ2v) is 8.14. The van der Waals surface area contributed by atoms with Crippen LogP contribution in [0.4, 0.5) is 0 Å². The number of unbranched alkanes of at least 4 members (excludes halogenated alkanes) is 3. The molecule has 0 spiro atoms. The van der Waals surface area contributed by atoms with Gasteiger partial charge in [-0.15, -0.1) is 5.06 Å². The van der Waals surface area contributed by atoms with Crippen molar-refractivity contribution in [1.82, 2.24) is 19.8 Å². The van der Waals surface area contributed by atoms with Gasteiger partial charge in [-0.1, -0.05) is 26.2 Å². The average molecular weight is 441 g/mol. The highest BCUT2D eigenvalue weighted by molar-refractivity contribution is 6.01. The van der Waals surface area contributed by atoms with E-state index in [0.29, 0.717) is 24.6 Å². The van der Waals surface area contributed by atoms with Crippen molar-refractivity contribution in [2.45, 2.75) is 64.3 Å². The minimum atomic E-state index is -1.08. The molecule has 1 atom stereocenters. The number of hydroxylamine groups is 2. The zero-order chi connectivity index (χ0) is 23.6. The quantitative estimate of drug-likeness (QED) is 0.308. The molecule has 176 valence electrons. The monoisotopic (exact) mass is 440 g/mol. The molecular formula is C21H36N4O6. The van der Waals surface area contributed by atoms with E-state index in [2.05, 4.69) is 6.92 Å². The summed E-state index contributed by atoms with van der Waals surface area (Å²) in [5, 5.41) is 0.451. The van der Waals surface area contributed by atoms with E-state index >= 15 is 0 Å². The number of hydrogen-bond acceptors (Lipinski definition) is 7.